The van der Waals surface area contributed by atoms with Crippen LogP contribution in [0.4, 0.5) is 0 Å². The van der Waals surface area contributed by atoms with Crippen LogP contribution in [-0.2, 0) is 4.57 Å². The van der Waals surface area contributed by atoms with Crippen molar-refractivity contribution >= 4 is 19.8 Å². The van der Waals surface area contributed by atoms with Crippen molar-refractivity contribution in [2.45, 2.75) is 30.4 Å². The summed E-state index contributed by atoms with van der Waals surface area (Å²) in [5.41, 5.74) is 2.19. The molecular formula is C18H23NO2PS+. The van der Waals surface area contributed by atoms with Gasteiger partial charge in [-0.2, -0.15) is 16.7 Å². The van der Waals surface area contributed by atoms with Crippen molar-refractivity contribution in [2.24, 2.45) is 0 Å². The Balaban J connectivity index is 2.28. The van der Waals surface area contributed by atoms with Gasteiger partial charge in [0, 0.05) is 11.7 Å². The molecule has 0 bridgehead atoms. The number of nitrogens with one attached hydrogen (secondary N) is 1. The molecule has 0 aliphatic heterocycles. The summed E-state index contributed by atoms with van der Waals surface area (Å²) in [7, 11) is -2.29. The summed E-state index contributed by atoms with van der Waals surface area (Å²) in [5.74, 6) is -0.433. The van der Waals surface area contributed by atoms with Crippen LogP contribution >= 0.6 is 19.8 Å². The Kier molecular flexibility index (Phi) is 7.25. The van der Waals surface area contributed by atoms with E-state index in [1.54, 1.807) is 11.8 Å². The zero-order chi connectivity index (χ0) is 16.7. The van der Waals surface area contributed by atoms with E-state index in [0.717, 1.165) is 11.1 Å². The van der Waals surface area contributed by atoms with Crippen LogP contribution in [0.1, 0.15) is 30.5 Å². The number of thioether (sulfide) groups is 1. The fraction of sp³-hybridized carbons (Fsp3) is 0.333. The molecular weight excluding hydrogens is 325 g/mol. The fourth-order valence-corrected chi connectivity index (χ4v) is 3.80. The van der Waals surface area contributed by atoms with Gasteiger partial charge in [-0.3, -0.25) is 5.32 Å². The maximum Gasteiger partial charge on any atom is 0.524 e. The summed E-state index contributed by atoms with van der Waals surface area (Å²) in [6.07, 6.45) is 2.68. The third-order valence-electron chi connectivity index (χ3n) is 3.85. The number of rotatable bonds is 8. The predicted octanol–water partition coefficient (Wildman–Crippen LogP) is 4.57. The van der Waals surface area contributed by atoms with E-state index >= 15 is 0 Å². The Morgan fingerprint density at radius 1 is 1.04 bits per heavy atom. The van der Waals surface area contributed by atoms with Crippen LogP contribution in [0.3, 0.4) is 0 Å². The summed E-state index contributed by atoms with van der Waals surface area (Å²) < 4.78 is 11.8. The van der Waals surface area contributed by atoms with E-state index in [2.05, 4.69) is 12.2 Å². The van der Waals surface area contributed by atoms with Crippen molar-refractivity contribution in [1.82, 2.24) is 5.32 Å². The van der Waals surface area contributed by atoms with E-state index in [1.165, 1.54) is 0 Å². The van der Waals surface area contributed by atoms with Crippen LogP contribution in [0.25, 0.3) is 0 Å². The second-order valence-electron chi connectivity index (χ2n) is 5.52. The second kappa shape index (κ2) is 9.19. The predicted molar refractivity (Wildman–Crippen MR) is 99.1 cm³/mol. The minimum atomic E-state index is -2.29. The van der Waals surface area contributed by atoms with E-state index in [9.17, 15) is 9.46 Å². The van der Waals surface area contributed by atoms with Gasteiger partial charge in [0.1, 0.15) is 0 Å². The largest absolute Gasteiger partial charge is 0.524 e. The molecule has 23 heavy (non-hydrogen) atoms. The van der Waals surface area contributed by atoms with Gasteiger partial charge >= 0.3 is 8.03 Å². The van der Waals surface area contributed by atoms with Crippen molar-refractivity contribution in [2.75, 3.05) is 6.26 Å². The molecule has 5 heteroatoms. The molecule has 0 amide bonds. The number of benzene rings is 2. The second-order valence-corrected chi connectivity index (χ2v) is 8.03. The zero-order valence-electron chi connectivity index (χ0n) is 13.4. The number of hydrogen-bond acceptors (Lipinski definition) is 3. The summed E-state index contributed by atoms with van der Waals surface area (Å²) >= 11 is 1.71. The first kappa shape index (κ1) is 18.2. The molecule has 0 heterocycles. The molecule has 2 aromatic carbocycles. The molecule has 3 unspecified atom stereocenters. The van der Waals surface area contributed by atoms with Gasteiger partial charge in [-0.05, 0) is 21.9 Å². The lowest BCUT2D eigenvalue weighted by molar-refractivity contribution is 0.448. The molecule has 2 rings (SSSR count). The first-order chi connectivity index (χ1) is 11.1. The topological polar surface area (TPSA) is 49.3 Å². The smallest absolute Gasteiger partial charge is 0.260 e. The highest BCUT2D eigenvalue weighted by atomic mass is 32.2. The van der Waals surface area contributed by atoms with E-state index < -0.39 is 13.8 Å². The van der Waals surface area contributed by atoms with Crippen molar-refractivity contribution < 1.29 is 9.46 Å². The average molecular weight is 348 g/mol. The van der Waals surface area contributed by atoms with E-state index in [0.29, 0.717) is 11.7 Å². The van der Waals surface area contributed by atoms with E-state index in [1.807, 2.05) is 66.9 Å². The maximum absolute atomic E-state index is 11.8. The van der Waals surface area contributed by atoms with Gasteiger partial charge in [0.25, 0.3) is 0 Å². The minimum absolute atomic E-state index is 0.0949. The van der Waals surface area contributed by atoms with E-state index in [4.69, 9.17) is 0 Å². The molecule has 0 saturated carbocycles. The first-order valence-electron chi connectivity index (χ1n) is 7.65. The Morgan fingerprint density at radius 2 is 1.52 bits per heavy atom. The van der Waals surface area contributed by atoms with E-state index in [-0.39, 0.29) is 6.04 Å². The summed E-state index contributed by atoms with van der Waals surface area (Å²) in [6, 6.07) is 20.0. The quantitative estimate of drug-likeness (QED) is 0.686. The summed E-state index contributed by atoms with van der Waals surface area (Å²) in [5, 5.41) is 3.73. The van der Waals surface area contributed by atoms with Crippen molar-refractivity contribution in [3.8, 4) is 0 Å². The highest BCUT2D eigenvalue weighted by Gasteiger charge is 2.33. The van der Waals surface area contributed by atoms with Crippen LogP contribution in [0.5, 0.6) is 0 Å². The standard InChI is InChI=1S/C18H22NO2PS/c1-14(23-2)13-17(22(20)21)19-18(15-9-5-3-6-10-15)16-11-7-4-8-12-16/h3-12,14,17-19H,13H2,1-2H3/p+1. The van der Waals surface area contributed by atoms with Crippen LogP contribution in [0, 0.1) is 0 Å². The molecule has 0 aliphatic rings. The lowest BCUT2D eigenvalue weighted by Gasteiger charge is -2.22. The minimum Gasteiger partial charge on any atom is -0.260 e. The molecule has 0 fully saturated rings. The third-order valence-corrected chi connectivity index (χ3v) is 5.74. The summed E-state index contributed by atoms with van der Waals surface area (Å²) in [4.78, 5) is 9.74. The fourth-order valence-electron chi connectivity index (χ4n) is 2.50. The molecule has 0 aromatic heterocycles. The lowest BCUT2D eigenvalue weighted by atomic mass is 9.98. The molecule has 0 saturated heterocycles. The van der Waals surface area contributed by atoms with Crippen molar-refractivity contribution in [1.29, 1.82) is 0 Å². The van der Waals surface area contributed by atoms with Gasteiger partial charge in [-0.15, -0.1) is 0 Å². The van der Waals surface area contributed by atoms with Gasteiger partial charge in [0.05, 0.1) is 6.04 Å². The lowest BCUT2D eigenvalue weighted by Crippen LogP contribution is -2.33. The van der Waals surface area contributed by atoms with Crippen molar-refractivity contribution in [3.05, 3.63) is 71.8 Å². The molecule has 2 aromatic rings. The molecule has 3 atom stereocenters. The van der Waals surface area contributed by atoms with Crippen LogP contribution in [0.15, 0.2) is 60.7 Å². The van der Waals surface area contributed by atoms with Gasteiger partial charge in [-0.1, -0.05) is 67.6 Å². The van der Waals surface area contributed by atoms with Crippen molar-refractivity contribution in [3.63, 3.8) is 0 Å². The Hall–Kier alpha value is -1.19. The third kappa shape index (κ3) is 5.43. The van der Waals surface area contributed by atoms with Gasteiger partial charge in [0.15, 0.2) is 0 Å². The van der Waals surface area contributed by atoms with Crippen LogP contribution in [-0.4, -0.2) is 22.2 Å². The van der Waals surface area contributed by atoms with Gasteiger partial charge < -0.3 is 0 Å². The average Bonchev–Trinajstić information content (AvgIpc) is 2.59. The number of hydrogen-bond donors (Lipinski definition) is 2. The highest BCUT2D eigenvalue weighted by Crippen LogP contribution is 2.32. The maximum atomic E-state index is 11.8. The normalized spacial score (nSPS) is 14.5. The Labute approximate surface area is 143 Å². The Bertz CT molecular complexity index is 569. The molecule has 0 radical (unpaired) electrons. The SMILES string of the molecule is CSC(C)CC(NC(c1ccccc1)c1ccccc1)[P+](=O)O. The van der Waals surface area contributed by atoms with Crippen LogP contribution < -0.4 is 5.32 Å². The van der Waals surface area contributed by atoms with Gasteiger partial charge in [0.2, 0.25) is 5.78 Å². The first-order valence-corrected chi connectivity index (χ1v) is 10.2. The zero-order valence-corrected chi connectivity index (χ0v) is 15.1. The highest BCUT2D eigenvalue weighted by molar-refractivity contribution is 7.99. The summed E-state index contributed by atoms with van der Waals surface area (Å²) in [6.45, 7) is 2.08. The van der Waals surface area contributed by atoms with Crippen LogP contribution in [0.2, 0.25) is 0 Å². The molecule has 0 spiro atoms. The Morgan fingerprint density at radius 3 is 1.91 bits per heavy atom. The molecule has 2 N–H and O–H groups in total. The molecule has 3 nitrogen and oxygen atoms in total. The molecule has 0 aliphatic carbocycles. The van der Waals surface area contributed by atoms with Gasteiger partial charge in [-0.25, -0.2) is 0 Å². The monoisotopic (exact) mass is 348 g/mol. The molecule has 122 valence electrons.